The number of ether oxygens (including phenoxy) is 1. The molecular formula is C22H22Cl3N3O3. The molecule has 6 nitrogen and oxygen atoms in total. The van der Waals surface area contributed by atoms with Gasteiger partial charge in [-0.1, -0.05) is 40.9 Å². The molecule has 31 heavy (non-hydrogen) atoms. The van der Waals surface area contributed by atoms with E-state index in [1.165, 1.54) is 0 Å². The highest BCUT2D eigenvalue weighted by Crippen LogP contribution is 2.31. The average molecular weight is 483 g/mol. The summed E-state index contributed by atoms with van der Waals surface area (Å²) in [7, 11) is 0. The minimum absolute atomic E-state index is 0.0348. The summed E-state index contributed by atoms with van der Waals surface area (Å²) in [5.74, 6) is 0.155. The molecule has 0 radical (unpaired) electrons. The van der Waals surface area contributed by atoms with Crippen LogP contribution >= 0.6 is 34.8 Å². The van der Waals surface area contributed by atoms with Crippen LogP contribution in [0.15, 0.2) is 42.5 Å². The lowest BCUT2D eigenvalue weighted by atomic mass is 10.1. The van der Waals surface area contributed by atoms with Crippen molar-refractivity contribution in [2.24, 2.45) is 0 Å². The topological polar surface area (TPSA) is 76.4 Å². The van der Waals surface area contributed by atoms with Crippen LogP contribution in [0.4, 0.5) is 0 Å². The van der Waals surface area contributed by atoms with E-state index >= 15 is 0 Å². The van der Waals surface area contributed by atoms with E-state index in [-0.39, 0.29) is 30.5 Å². The smallest absolute Gasteiger partial charge is 0.224 e. The predicted molar refractivity (Wildman–Crippen MR) is 123 cm³/mol. The summed E-state index contributed by atoms with van der Waals surface area (Å²) >= 11 is 17.9. The Labute approximate surface area is 195 Å². The largest absolute Gasteiger partial charge is 0.489 e. The zero-order valence-corrected chi connectivity index (χ0v) is 19.3. The maximum Gasteiger partial charge on any atom is 0.224 e. The number of halogens is 3. The molecule has 0 aliphatic carbocycles. The van der Waals surface area contributed by atoms with Crippen LogP contribution in [-0.2, 0) is 11.2 Å². The van der Waals surface area contributed by atoms with Gasteiger partial charge in [-0.2, -0.15) is 5.10 Å². The molecule has 164 valence electrons. The summed E-state index contributed by atoms with van der Waals surface area (Å²) in [6.07, 6.45) is -0.753. The second kappa shape index (κ2) is 10.4. The quantitative estimate of drug-likeness (QED) is 0.494. The van der Waals surface area contributed by atoms with E-state index in [0.717, 1.165) is 22.6 Å². The van der Waals surface area contributed by atoms with Crippen molar-refractivity contribution in [1.29, 1.82) is 0 Å². The first-order valence-corrected chi connectivity index (χ1v) is 10.7. The molecule has 2 aromatic carbocycles. The number of nitrogens with one attached hydrogen (secondary N) is 1. The molecule has 0 fully saturated rings. The Balaban J connectivity index is 1.55. The van der Waals surface area contributed by atoms with Crippen molar-refractivity contribution in [3.05, 3.63) is 74.5 Å². The van der Waals surface area contributed by atoms with Gasteiger partial charge in [0.25, 0.3) is 0 Å². The van der Waals surface area contributed by atoms with Gasteiger partial charge in [0.1, 0.15) is 23.5 Å². The van der Waals surface area contributed by atoms with E-state index in [0.29, 0.717) is 15.8 Å². The van der Waals surface area contributed by atoms with Crippen molar-refractivity contribution in [1.82, 2.24) is 15.1 Å². The molecule has 3 rings (SSSR count). The minimum Gasteiger partial charge on any atom is -0.489 e. The fourth-order valence-corrected chi connectivity index (χ4v) is 3.53. The normalized spacial score (nSPS) is 11.9. The standard InChI is InChI=1S/C22H22Cl3N3O3/c1-13-18(14(2)28(27-13)16-8-6-15(23)7-9-16)10-21(30)26-11-17(29)12-31-20-5-3-4-19(24)22(20)25/h3-9,17,29H,10-12H2,1-2H3,(H,26,30). The molecule has 1 heterocycles. The Morgan fingerprint density at radius 3 is 2.58 bits per heavy atom. The van der Waals surface area contributed by atoms with Gasteiger partial charge in [0, 0.05) is 22.8 Å². The summed E-state index contributed by atoms with van der Waals surface area (Å²) in [5.41, 5.74) is 3.34. The molecule has 3 aromatic rings. The van der Waals surface area contributed by atoms with Gasteiger partial charge in [-0.15, -0.1) is 0 Å². The number of rotatable bonds is 8. The number of aryl methyl sites for hydroxylation is 1. The number of hydrogen-bond donors (Lipinski definition) is 2. The van der Waals surface area contributed by atoms with Crippen molar-refractivity contribution < 1.29 is 14.6 Å². The van der Waals surface area contributed by atoms with Gasteiger partial charge in [0.15, 0.2) is 0 Å². The fraction of sp³-hybridized carbons (Fsp3) is 0.273. The number of aliphatic hydroxyl groups is 1. The van der Waals surface area contributed by atoms with Crippen molar-refractivity contribution in [3.63, 3.8) is 0 Å². The monoisotopic (exact) mass is 481 g/mol. The Morgan fingerprint density at radius 1 is 1.16 bits per heavy atom. The minimum atomic E-state index is -0.905. The first-order chi connectivity index (χ1) is 14.8. The molecule has 0 aliphatic rings. The Hall–Kier alpha value is -2.25. The van der Waals surface area contributed by atoms with Crippen LogP contribution in [0.2, 0.25) is 15.1 Å². The molecule has 2 N–H and O–H groups in total. The molecule has 0 saturated carbocycles. The number of aromatic nitrogens is 2. The number of carbonyl (C=O) groups excluding carboxylic acids is 1. The van der Waals surface area contributed by atoms with Gasteiger partial charge in [0.05, 0.1) is 22.8 Å². The Bertz CT molecular complexity index is 1070. The van der Waals surface area contributed by atoms with E-state index in [1.54, 1.807) is 35.0 Å². The molecule has 0 spiro atoms. The third-order valence-electron chi connectivity index (χ3n) is 4.73. The van der Waals surface area contributed by atoms with E-state index < -0.39 is 6.10 Å². The lowest BCUT2D eigenvalue weighted by molar-refractivity contribution is -0.121. The molecule has 0 bridgehead atoms. The van der Waals surface area contributed by atoms with E-state index in [4.69, 9.17) is 39.5 Å². The maximum absolute atomic E-state index is 12.4. The number of aliphatic hydroxyl groups excluding tert-OH is 1. The van der Waals surface area contributed by atoms with Crippen molar-refractivity contribution in [2.45, 2.75) is 26.4 Å². The summed E-state index contributed by atoms with van der Waals surface area (Å²) in [6, 6.07) is 12.3. The molecule has 0 saturated heterocycles. The maximum atomic E-state index is 12.4. The van der Waals surface area contributed by atoms with E-state index in [2.05, 4.69) is 10.4 Å². The number of nitrogens with zero attached hydrogens (tertiary/aromatic N) is 2. The highest BCUT2D eigenvalue weighted by Gasteiger charge is 2.17. The van der Waals surface area contributed by atoms with Gasteiger partial charge in [-0.25, -0.2) is 4.68 Å². The van der Waals surface area contributed by atoms with Crippen LogP contribution in [0.25, 0.3) is 5.69 Å². The van der Waals surface area contributed by atoms with Crippen molar-refractivity contribution in [3.8, 4) is 11.4 Å². The van der Waals surface area contributed by atoms with Gasteiger partial charge in [-0.05, 0) is 50.2 Å². The molecule has 1 amide bonds. The summed E-state index contributed by atoms with van der Waals surface area (Å²) < 4.78 is 7.27. The third kappa shape index (κ3) is 5.92. The highest BCUT2D eigenvalue weighted by molar-refractivity contribution is 6.42. The molecule has 1 unspecified atom stereocenters. The second-order valence-electron chi connectivity index (χ2n) is 7.04. The van der Waals surface area contributed by atoms with Gasteiger partial charge < -0.3 is 15.2 Å². The SMILES string of the molecule is Cc1nn(-c2ccc(Cl)cc2)c(C)c1CC(=O)NCC(O)COc1cccc(Cl)c1Cl. The number of hydrogen-bond acceptors (Lipinski definition) is 4. The van der Waals surface area contributed by atoms with Crippen LogP contribution in [0.1, 0.15) is 17.0 Å². The molecular weight excluding hydrogens is 461 g/mol. The number of amides is 1. The van der Waals surface area contributed by atoms with Crippen LogP contribution in [0.5, 0.6) is 5.75 Å². The van der Waals surface area contributed by atoms with E-state index in [1.807, 2.05) is 26.0 Å². The Kier molecular flexibility index (Phi) is 7.84. The zero-order valence-electron chi connectivity index (χ0n) is 17.0. The van der Waals surface area contributed by atoms with Crippen LogP contribution in [0.3, 0.4) is 0 Å². The highest BCUT2D eigenvalue weighted by atomic mass is 35.5. The second-order valence-corrected chi connectivity index (χ2v) is 8.26. The van der Waals surface area contributed by atoms with Crippen molar-refractivity contribution in [2.75, 3.05) is 13.2 Å². The third-order valence-corrected chi connectivity index (χ3v) is 5.79. The first-order valence-electron chi connectivity index (χ1n) is 9.59. The molecule has 0 aliphatic heterocycles. The molecule has 9 heteroatoms. The molecule has 1 atom stereocenters. The first kappa shape index (κ1) is 23.4. The van der Waals surface area contributed by atoms with Gasteiger partial charge >= 0.3 is 0 Å². The number of benzene rings is 2. The summed E-state index contributed by atoms with van der Waals surface area (Å²) in [5, 5.41) is 18.7. The lowest BCUT2D eigenvalue weighted by Gasteiger charge is -2.14. The van der Waals surface area contributed by atoms with E-state index in [9.17, 15) is 9.90 Å². The average Bonchev–Trinajstić information content (AvgIpc) is 3.02. The molecule has 1 aromatic heterocycles. The van der Waals surface area contributed by atoms with Crippen LogP contribution in [-0.4, -0.2) is 40.0 Å². The van der Waals surface area contributed by atoms with Crippen molar-refractivity contribution >= 4 is 40.7 Å². The van der Waals surface area contributed by atoms with Gasteiger partial charge in [0.2, 0.25) is 5.91 Å². The summed E-state index contributed by atoms with van der Waals surface area (Å²) in [6.45, 7) is 3.78. The predicted octanol–water partition coefficient (Wildman–Crippen LogP) is 4.55. The Morgan fingerprint density at radius 2 is 1.87 bits per heavy atom. The number of carbonyl (C=O) groups is 1. The van der Waals surface area contributed by atoms with Gasteiger partial charge in [-0.3, -0.25) is 4.79 Å². The fourth-order valence-electron chi connectivity index (χ4n) is 3.06. The summed E-state index contributed by atoms with van der Waals surface area (Å²) in [4.78, 5) is 12.4. The van der Waals surface area contributed by atoms with Crippen LogP contribution < -0.4 is 10.1 Å². The van der Waals surface area contributed by atoms with Crippen LogP contribution in [0, 0.1) is 13.8 Å². The zero-order chi connectivity index (χ0) is 22.5. The lowest BCUT2D eigenvalue weighted by Crippen LogP contribution is -2.36.